The number of ether oxygens (including phenoxy) is 2. The summed E-state index contributed by atoms with van der Waals surface area (Å²) in [5, 5.41) is 5.16. The van der Waals surface area contributed by atoms with Crippen LogP contribution in [0.25, 0.3) is 0 Å². The maximum atomic E-state index is 11.4. The van der Waals surface area contributed by atoms with E-state index in [9.17, 15) is 8.42 Å². The highest BCUT2D eigenvalue weighted by molar-refractivity contribution is 7.89. The molecule has 1 aliphatic rings. The van der Waals surface area contributed by atoms with Crippen LogP contribution in [0.15, 0.2) is 23.1 Å². The molecular weight excluding hydrogens is 278 g/mol. The van der Waals surface area contributed by atoms with Gasteiger partial charge in [0.05, 0.1) is 18.1 Å². The SMILES string of the molecule is CC(C)c1cc(S(N)(=O)=O)ccc1OCC1CCOC1. The Labute approximate surface area is 120 Å². The second-order valence-electron chi connectivity index (χ2n) is 5.44. The Morgan fingerprint density at radius 1 is 1.45 bits per heavy atom. The number of nitrogens with two attached hydrogens (primary N) is 1. The van der Waals surface area contributed by atoms with Crippen LogP contribution in [0.5, 0.6) is 5.75 Å². The lowest BCUT2D eigenvalue weighted by molar-refractivity contribution is 0.166. The Balaban J connectivity index is 2.19. The van der Waals surface area contributed by atoms with E-state index in [1.54, 1.807) is 12.1 Å². The zero-order valence-corrected chi connectivity index (χ0v) is 12.7. The summed E-state index contributed by atoms with van der Waals surface area (Å²) in [6.07, 6.45) is 1.01. The first kappa shape index (κ1) is 15.3. The van der Waals surface area contributed by atoms with Crippen LogP contribution >= 0.6 is 0 Å². The van der Waals surface area contributed by atoms with Gasteiger partial charge in [0.2, 0.25) is 10.0 Å². The number of rotatable bonds is 5. The van der Waals surface area contributed by atoms with E-state index in [1.807, 2.05) is 13.8 Å². The minimum Gasteiger partial charge on any atom is -0.493 e. The molecule has 1 aliphatic heterocycles. The molecule has 2 rings (SSSR count). The van der Waals surface area contributed by atoms with Crippen molar-refractivity contribution in [2.45, 2.75) is 31.1 Å². The molecule has 1 aromatic rings. The van der Waals surface area contributed by atoms with Crippen molar-refractivity contribution >= 4 is 10.0 Å². The summed E-state index contributed by atoms with van der Waals surface area (Å²) in [7, 11) is -3.68. The second kappa shape index (κ2) is 6.11. The normalized spacial score (nSPS) is 19.5. The highest BCUT2D eigenvalue weighted by Gasteiger charge is 2.19. The van der Waals surface area contributed by atoms with E-state index in [2.05, 4.69) is 0 Å². The van der Waals surface area contributed by atoms with Crippen molar-refractivity contribution in [3.05, 3.63) is 23.8 Å². The third-order valence-corrected chi connectivity index (χ3v) is 4.34. The van der Waals surface area contributed by atoms with Crippen LogP contribution in [0.2, 0.25) is 0 Å². The zero-order chi connectivity index (χ0) is 14.8. The van der Waals surface area contributed by atoms with Crippen LogP contribution in [-0.4, -0.2) is 28.2 Å². The molecule has 2 N–H and O–H groups in total. The molecule has 1 atom stereocenters. The van der Waals surface area contributed by atoms with E-state index >= 15 is 0 Å². The molecular formula is C14H21NO4S. The standard InChI is InChI=1S/C14H21NO4S/c1-10(2)13-7-12(20(15,16)17)3-4-14(13)19-9-11-5-6-18-8-11/h3-4,7,10-11H,5-6,8-9H2,1-2H3,(H2,15,16,17). The topological polar surface area (TPSA) is 78.6 Å². The Bertz CT molecular complexity index is 563. The average molecular weight is 299 g/mol. The molecule has 112 valence electrons. The van der Waals surface area contributed by atoms with Crippen molar-refractivity contribution in [2.75, 3.05) is 19.8 Å². The van der Waals surface area contributed by atoms with Gasteiger partial charge in [0, 0.05) is 12.5 Å². The van der Waals surface area contributed by atoms with Gasteiger partial charge in [0.15, 0.2) is 0 Å². The summed E-state index contributed by atoms with van der Waals surface area (Å²) >= 11 is 0. The van der Waals surface area contributed by atoms with Gasteiger partial charge in [-0.1, -0.05) is 13.8 Å². The van der Waals surface area contributed by atoms with Crippen LogP contribution in [-0.2, 0) is 14.8 Å². The van der Waals surface area contributed by atoms with Crippen molar-refractivity contribution in [1.29, 1.82) is 0 Å². The van der Waals surface area contributed by atoms with Crippen molar-refractivity contribution < 1.29 is 17.9 Å². The lowest BCUT2D eigenvalue weighted by Gasteiger charge is -2.17. The number of primary sulfonamides is 1. The Kier molecular flexibility index (Phi) is 4.67. The summed E-state index contributed by atoms with van der Waals surface area (Å²) in [6, 6.07) is 4.77. The van der Waals surface area contributed by atoms with E-state index in [0.717, 1.165) is 30.9 Å². The molecule has 0 bridgehead atoms. The first-order chi connectivity index (χ1) is 9.38. The minimum absolute atomic E-state index is 0.123. The van der Waals surface area contributed by atoms with Crippen molar-refractivity contribution in [3.63, 3.8) is 0 Å². The first-order valence-corrected chi connectivity index (χ1v) is 8.30. The van der Waals surface area contributed by atoms with E-state index in [4.69, 9.17) is 14.6 Å². The predicted molar refractivity (Wildman–Crippen MR) is 76.3 cm³/mol. The molecule has 1 aromatic carbocycles. The van der Waals surface area contributed by atoms with Gasteiger partial charge in [0.25, 0.3) is 0 Å². The van der Waals surface area contributed by atoms with Gasteiger partial charge in [-0.2, -0.15) is 0 Å². The van der Waals surface area contributed by atoms with Gasteiger partial charge >= 0.3 is 0 Å². The minimum atomic E-state index is -3.68. The number of hydrogen-bond acceptors (Lipinski definition) is 4. The summed E-state index contributed by atoms with van der Waals surface area (Å²) in [5.74, 6) is 1.29. The maximum absolute atomic E-state index is 11.4. The van der Waals surface area contributed by atoms with E-state index in [-0.39, 0.29) is 10.8 Å². The molecule has 0 radical (unpaired) electrons. The first-order valence-electron chi connectivity index (χ1n) is 6.75. The fourth-order valence-electron chi connectivity index (χ4n) is 2.21. The molecule has 0 amide bonds. The van der Waals surface area contributed by atoms with E-state index in [0.29, 0.717) is 12.5 Å². The van der Waals surface area contributed by atoms with Crippen molar-refractivity contribution in [1.82, 2.24) is 0 Å². The van der Waals surface area contributed by atoms with Gasteiger partial charge in [-0.3, -0.25) is 0 Å². The monoisotopic (exact) mass is 299 g/mol. The molecule has 0 aliphatic carbocycles. The number of sulfonamides is 1. The fourth-order valence-corrected chi connectivity index (χ4v) is 2.76. The maximum Gasteiger partial charge on any atom is 0.238 e. The lowest BCUT2D eigenvalue weighted by atomic mass is 10.0. The number of benzene rings is 1. The summed E-state index contributed by atoms with van der Waals surface area (Å²) in [4.78, 5) is 0.123. The summed E-state index contributed by atoms with van der Waals surface area (Å²) in [6.45, 7) is 6.09. The van der Waals surface area contributed by atoms with Crippen molar-refractivity contribution in [3.8, 4) is 5.75 Å². The highest BCUT2D eigenvalue weighted by Crippen LogP contribution is 2.29. The molecule has 0 aromatic heterocycles. The molecule has 5 nitrogen and oxygen atoms in total. The third-order valence-electron chi connectivity index (χ3n) is 3.43. The van der Waals surface area contributed by atoms with Crippen LogP contribution in [0.1, 0.15) is 31.7 Å². The fraction of sp³-hybridized carbons (Fsp3) is 0.571. The summed E-state index contributed by atoms with van der Waals surface area (Å²) < 4.78 is 34.0. The average Bonchev–Trinajstić information content (AvgIpc) is 2.88. The van der Waals surface area contributed by atoms with Gasteiger partial charge in [-0.25, -0.2) is 13.6 Å². The number of hydrogen-bond donors (Lipinski definition) is 1. The van der Waals surface area contributed by atoms with Gasteiger partial charge < -0.3 is 9.47 Å². The van der Waals surface area contributed by atoms with Crippen LogP contribution in [0, 0.1) is 5.92 Å². The van der Waals surface area contributed by atoms with Crippen LogP contribution < -0.4 is 9.88 Å². The molecule has 20 heavy (non-hydrogen) atoms. The summed E-state index contributed by atoms with van der Waals surface area (Å²) in [5.41, 5.74) is 0.857. The molecule has 0 saturated carbocycles. The van der Waals surface area contributed by atoms with Gasteiger partial charge in [-0.15, -0.1) is 0 Å². The molecule has 1 unspecified atom stereocenters. The van der Waals surface area contributed by atoms with Gasteiger partial charge in [-0.05, 0) is 36.1 Å². The Hall–Kier alpha value is -1.11. The predicted octanol–water partition coefficient (Wildman–Crippen LogP) is 1.87. The molecule has 1 heterocycles. The Morgan fingerprint density at radius 2 is 2.20 bits per heavy atom. The van der Waals surface area contributed by atoms with Gasteiger partial charge in [0.1, 0.15) is 5.75 Å². The second-order valence-corrected chi connectivity index (χ2v) is 7.00. The van der Waals surface area contributed by atoms with Crippen LogP contribution in [0.3, 0.4) is 0 Å². The third kappa shape index (κ3) is 3.71. The molecule has 0 spiro atoms. The molecule has 1 fully saturated rings. The quantitative estimate of drug-likeness (QED) is 0.900. The zero-order valence-electron chi connectivity index (χ0n) is 11.8. The molecule has 6 heteroatoms. The highest BCUT2D eigenvalue weighted by atomic mass is 32.2. The Morgan fingerprint density at radius 3 is 2.75 bits per heavy atom. The smallest absolute Gasteiger partial charge is 0.238 e. The van der Waals surface area contributed by atoms with Crippen LogP contribution in [0.4, 0.5) is 0 Å². The lowest BCUT2D eigenvalue weighted by Crippen LogP contribution is -2.15. The van der Waals surface area contributed by atoms with Crippen molar-refractivity contribution in [2.24, 2.45) is 11.1 Å². The molecule has 1 saturated heterocycles. The largest absolute Gasteiger partial charge is 0.493 e. The van der Waals surface area contributed by atoms with E-state index in [1.165, 1.54) is 6.07 Å². The van der Waals surface area contributed by atoms with E-state index < -0.39 is 10.0 Å².